The van der Waals surface area contributed by atoms with E-state index in [9.17, 15) is 14.4 Å². The number of hydrogen-bond donors (Lipinski definition) is 1. The molecule has 1 N–H and O–H groups in total. The molecule has 1 aliphatic heterocycles. The Labute approximate surface area is 317 Å². The van der Waals surface area contributed by atoms with Gasteiger partial charge in [-0.05, 0) is 106 Å². The molecule has 4 fully saturated rings. The fourth-order valence-corrected chi connectivity index (χ4v) is 9.06. The highest BCUT2D eigenvalue weighted by atomic mass is 32.2. The Kier molecular flexibility index (Phi) is 12.9. The van der Waals surface area contributed by atoms with Gasteiger partial charge in [0.25, 0.3) is 0 Å². The van der Waals surface area contributed by atoms with E-state index in [0.29, 0.717) is 34.5 Å². The first-order chi connectivity index (χ1) is 24.6. The van der Waals surface area contributed by atoms with E-state index in [0.717, 1.165) is 30.6 Å². The molecular formula is C39H54BNO9S2. The van der Waals surface area contributed by atoms with Crippen LogP contribution in [0, 0.1) is 17.3 Å². The van der Waals surface area contributed by atoms with Crippen LogP contribution in [0.15, 0.2) is 41.3 Å². The van der Waals surface area contributed by atoms with Crippen molar-refractivity contribution in [1.29, 1.82) is 0 Å². The Morgan fingerprint density at radius 2 is 1.81 bits per heavy atom. The van der Waals surface area contributed by atoms with Gasteiger partial charge in [-0.15, -0.1) is 11.8 Å². The molecule has 0 spiro atoms. The molecular weight excluding hydrogens is 701 g/mol. The Balaban J connectivity index is 1.53. The van der Waals surface area contributed by atoms with Crippen molar-refractivity contribution in [2.45, 2.75) is 114 Å². The number of amides is 1. The summed E-state index contributed by atoms with van der Waals surface area (Å²) >= 11 is 2.84. The van der Waals surface area contributed by atoms with Crippen molar-refractivity contribution in [2.24, 2.45) is 17.3 Å². The normalized spacial score (nSPS) is 23.6. The molecule has 4 aliphatic rings. The topological polar surface area (TPSA) is 119 Å². The van der Waals surface area contributed by atoms with E-state index in [2.05, 4.69) is 26.1 Å². The fourth-order valence-electron chi connectivity index (χ4n) is 7.72. The zero-order chi connectivity index (χ0) is 37.8. The highest BCUT2D eigenvalue weighted by Crippen LogP contribution is 2.65. The van der Waals surface area contributed by atoms with Crippen molar-refractivity contribution < 1.29 is 42.6 Å². The maximum atomic E-state index is 14.0. The van der Waals surface area contributed by atoms with Crippen molar-refractivity contribution in [2.75, 3.05) is 25.7 Å². The molecule has 2 aromatic rings. The first-order valence-electron chi connectivity index (χ1n) is 18.2. The van der Waals surface area contributed by atoms with Gasteiger partial charge in [-0.1, -0.05) is 45.4 Å². The number of hydrogen-bond acceptors (Lipinski definition) is 11. The van der Waals surface area contributed by atoms with Crippen LogP contribution in [0.5, 0.6) is 11.5 Å². The van der Waals surface area contributed by atoms with E-state index < -0.39 is 36.4 Å². The van der Waals surface area contributed by atoms with E-state index in [4.69, 9.17) is 28.3 Å². The van der Waals surface area contributed by atoms with Crippen LogP contribution in [-0.2, 0) is 35.8 Å². The van der Waals surface area contributed by atoms with E-state index in [1.54, 1.807) is 27.9 Å². The standard InChI is InChI=1S/C39H54BNO9S2/c1-10-11-18-46-35(43)33-28(52-22-24-12-15-27(45-8)16-13-24)17-14-25(34(33)47-36(44)48-37(2,3)4)19-31(41-32(42)23-51-9)40-49-30-21-26-20-29(38(26,5)6)39(30,7)50-40/h12-17,26,29-31H,10-11,18-23H2,1-9H3,(H,41,42)/t26-,29-,30?,31-,39-/m0/s1. The minimum absolute atomic E-state index is 0.0320. The largest absolute Gasteiger partial charge is 0.514 e. The molecule has 3 aliphatic carbocycles. The van der Waals surface area contributed by atoms with Crippen molar-refractivity contribution in [3.05, 3.63) is 53.1 Å². The van der Waals surface area contributed by atoms with Crippen LogP contribution >= 0.6 is 23.5 Å². The number of ether oxygens (including phenoxy) is 4. The molecule has 0 aromatic heterocycles. The molecule has 52 heavy (non-hydrogen) atoms. The number of carbonyl (C=O) groups excluding carboxylic acids is 3. The lowest BCUT2D eigenvalue weighted by atomic mass is 9.43. The lowest BCUT2D eigenvalue weighted by Crippen LogP contribution is -2.65. The fraction of sp³-hybridized carbons (Fsp3) is 0.615. The number of unbranched alkanes of at least 4 members (excludes halogenated alkanes) is 1. The van der Waals surface area contributed by atoms with Crippen molar-refractivity contribution in [3.8, 4) is 11.5 Å². The lowest BCUT2D eigenvalue weighted by molar-refractivity contribution is -0.199. The van der Waals surface area contributed by atoms with Gasteiger partial charge in [0.15, 0.2) is 5.75 Å². The molecule has 1 heterocycles. The monoisotopic (exact) mass is 755 g/mol. The molecule has 3 saturated carbocycles. The van der Waals surface area contributed by atoms with Crippen LogP contribution in [0.2, 0.25) is 0 Å². The average molecular weight is 756 g/mol. The van der Waals surface area contributed by atoms with Gasteiger partial charge in [-0.25, -0.2) is 9.59 Å². The van der Waals surface area contributed by atoms with E-state index in [1.807, 2.05) is 49.6 Å². The van der Waals surface area contributed by atoms with Gasteiger partial charge in [0.2, 0.25) is 5.91 Å². The van der Waals surface area contributed by atoms with E-state index in [-0.39, 0.29) is 47.5 Å². The summed E-state index contributed by atoms with van der Waals surface area (Å²) < 4.78 is 36.1. The summed E-state index contributed by atoms with van der Waals surface area (Å²) in [6.45, 7) is 14.2. The molecule has 1 amide bonds. The first kappa shape index (κ1) is 40.3. The second-order valence-electron chi connectivity index (χ2n) is 15.8. The Bertz CT molecular complexity index is 1600. The van der Waals surface area contributed by atoms with Gasteiger partial charge in [0, 0.05) is 10.6 Å². The Morgan fingerprint density at radius 1 is 1.08 bits per heavy atom. The van der Waals surface area contributed by atoms with Gasteiger partial charge in [-0.2, -0.15) is 11.8 Å². The van der Waals surface area contributed by atoms with E-state index in [1.165, 1.54) is 23.5 Å². The number of rotatable bonds is 15. The molecule has 1 unspecified atom stereocenters. The van der Waals surface area contributed by atoms with Crippen molar-refractivity contribution in [1.82, 2.24) is 5.32 Å². The van der Waals surface area contributed by atoms with Gasteiger partial charge in [-0.3, -0.25) is 4.79 Å². The van der Waals surface area contributed by atoms with Gasteiger partial charge < -0.3 is 33.6 Å². The lowest BCUT2D eigenvalue weighted by Gasteiger charge is -2.64. The summed E-state index contributed by atoms with van der Waals surface area (Å²) in [4.78, 5) is 41.1. The molecule has 1 saturated heterocycles. The molecule has 0 radical (unpaired) electrons. The van der Waals surface area contributed by atoms with Crippen LogP contribution in [0.4, 0.5) is 4.79 Å². The molecule has 5 atom stereocenters. The molecule has 13 heteroatoms. The quantitative estimate of drug-likeness (QED) is 0.0628. The molecule has 284 valence electrons. The number of nitrogens with one attached hydrogen (secondary N) is 1. The molecule has 2 bridgehead atoms. The highest BCUT2D eigenvalue weighted by molar-refractivity contribution is 7.99. The average Bonchev–Trinajstić information content (AvgIpc) is 3.44. The summed E-state index contributed by atoms with van der Waals surface area (Å²) in [5.74, 6) is 1.01. The third-order valence-corrected chi connectivity index (χ3v) is 12.3. The predicted octanol–water partition coefficient (Wildman–Crippen LogP) is 7.92. The smallest absolute Gasteiger partial charge is 0.497 e. The highest BCUT2D eigenvalue weighted by Gasteiger charge is 2.68. The number of benzene rings is 2. The van der Waals surface area contributed by atoms with Crippen molar-refractivity contribution in [3.63, 3.8) is 0 Å². The summed E-state index contributed by atoms with van der Waals surface area (Å²) in [6.07, 6.45) is 4.47. The summed E-state index contributed by atoms with van der Waals surface area (Å²) in [6, 6.07) is 11.4. The second-order valence-corrected chi connectivity index (χ2v) is 17.7. The molecule has 2 aromatic carbocycles. The zero-order valence-corrected chi connectivity index (χ0v) is 33.6. The maximum Gasteiger partial charge on any atom is 0.514 e. The third-order valence-electron chi connectivity index (χ3n) is 10.6. The van der Waals surface area contributed by atoms with Crippen molar-refractivity contribution >= 4 is 48.7 Å². The summed E-state index contributed by atoms with van der Waals surface area (Å²) in [7, 11) is 0.864. The summed E-state index contributed by atoms with van der Waals surface area (Å²) in [5.41, 5.74) is 0.439. The second kappa shape index (κ2) is 16.7. The minimum Gasteiger partial charge on any atom is -0.497 e. The minimum atomic E-state index is -0.953. The van der Waals surface area contributed by atoms with Gasteiger partial charge in [0.05, 0.1) is 37.1 Å². The number of carbonyl (C=O) groups is 3. The van der Waals surface area contributed by atoms with Gasteiger partial charge in [0.1, 0.15) is 16.9 Å². The number of thioether (sulfide) groups is 2. The number of esters is 1. The predicted molar refractivity (Wildman–Crippen MR) is 205 cm³/mol. The zero-order valence-electron chi connectivity index (χ0n) is 32.0. The summed E-state index contributed by atoms with van der Waals surface area (Å²) in [5, 5.41) is 3.15. The first-order valence-corrected chi connectivity index (χ1v) is 20.6. The Morgan fingerprint density at radius 3 is 2.44 bits per heavy atom. The van der Waals surface area contributed by atoms with Crippen LogP contribution in [-0.4, -0.2) is 74.1 Å². The van der Waals surface area contributed by atoms with Crippen LogP contribution < -0.4 is 14.8 Å². The third kappa shape index (κ3) is 9.08. The maximum absolute atomic E-state index is 14.0. The number of methoxy groups -OCH3 is 1. The SMILES string of the molecule is CCCCOC(=O)c1c(SCc2ccc(OC)cc2)ccc(C[C@H](NC(=O)CSC)B2OC3C[C@@H]4C[C@@H](C4(C)C)[C@]3(C)O2)c1OC(=O)OC(C)(C)C. The van der Waals surface area contributed by atoms with Gasteiger partial charge >= 0.3 is 19.2 Å². The van der Waals surface area contributed by atoms with Crippen LogP contribution in [0.3, 0.4) is 0 Å². The van der Waals surface area contributed by atoms with Crippen LogP contribution in [0.25, 0.3) is 0 Å². The molecule has 6 rings (SSSR count). The van der Waals surface area contributed by atoms with Crippen LogP contribution in [0.1, 0.15) is 95.6 Å². The Hall–Kier alpha value is -2.87. The molecule has 10 nitrogen and oxygen atoms in total. The van der Waals surface area contributed by atoms with E-state index >= 15 is 0 Å².